The number of nitrogens with one attached hydrogen (secondary N) is 2. The van der Waals surface area contributed by atoms with Gasteiger partial charge in [-0.1, -0.05) is 0 Å². The first kappa shape index (κ1) is 14.5. The van der Waals surface area contributed by atoms with E-state index >= 15 is 0 Å². The third kappa shape index (κ3) is 3.79. The van der Waals surface area contributed by atoms with Crippen molar-refractivity contribution in [1.29, 1.82) is 0 Å². The van der Waals surface area contributed by atoms with Crippen molar-refractivity contribution in [3.8, 4) is 0 Å². The van der Waals surface area contributed by atoms with Crippen molar-refractivity contribution < 1.29 is 14.0 Å². The van der Waals surface area contributed by atoms with E-state index in [0.29, 0.717) is 22.5 Å². The molecule has 108 valence electrons. The number of anilines is 2. The summed E-state index contributed by atoms with van der Waals surface area (Å²) in [4.78, 5) is 22.8. The van der Waals surface area contributed by atoms with Crippen LogP contribution in [0.25, 0.3) is 0 Å². The molecule has 2 aromatic rings. The first-order valence-corrected chi connectivity index (χ1v) is 6.20. The van der Waals surface area contributed by atoms with Crippen molar-refractivity contribution >= 4 is 23.3 Å². The van der Waals surface area contributed by atoms with Gasteiger partial charge >= 0.3 is 6.03 Å². The number of aryl methyl sites for hydroxylation is 1. The van der Waals surface area contributed by atoms with Crippen LogP contribution in [-0.4, -0.2) is 11.9 Å². The Labute approximate surface area is 121 Å². The number of nitrogens with two attached hydrogens (primary N) is 1. The molecule has 0 aliphatic heterocycles. The second-order valence-electron chi connectivity index (χ2n) is 4.48. The highest BCUT2D eigenvalue weighted by molar-refractivity contribution is 6.05. The largest absolute Gasteiger partial charge is 0.351 e. The summed E-state index contributed by atoms with van der Waals surface area (Å²) in [5.74, 6) is -0.714. The molecule has 2 rings (SSSR count). The van der Waals surface area contributed by atoms with Crippen LogP contribution in [-0.2, 0) is 0 Å². The number of hydrogen-bond acceptors (Lipinski definition) is 2. The van der Waals surface area contributed by atoms with Gasteiger partial charge in [0.1, 0.15) is 5.82 Å². The van der Waals surface area contributed by atoms with E-state index in [0.717, 1.165) is 0 Å². The summed E-state index contributed by atoms with van der Waals surface area (Å²) in [6.45, 7) is 1.66. The molecular formula is C15H14FN3O2. The molecule has 0 aromatic heterocycles. The summed E-state index contributed by atoms with van der Waals surface area (Å²) in [6, 6.07) is 9.79. The van der Waals surface area contributed by atoms with E-state index in [1.165, 1.54) is 18.2 Å². The Kier molecular flexibility index (Phi) is 4.18. The van der Waals surface area contributed by atoms with Crippen LogP contribution in [0, 0.1) is 12.7 Å². The van der Waals surface area contributed by atoms with Crippen LogP contribution in [0.1, 0.15) is 15.9 Å². The highest BCUT2D eigenvalue weighted by Gasteiger charge is 2.10. The van der Waals surface area contributed by atoms with Crippen molar-refractivity contribution in [1.82, 2.24) is 0 Å². The zero-order valence-electron chi connectivity index (χ0n) is 11.3. The molecule has 4 N–H and O–H groups in total. The minimum atomic E-state index is -0.659. The number of carbonyl (C=O) groups excluding carboxylic acids is 2. The van der Waals surface area contributed by atoms with Gasteiger partial charge in [-0.05, 0) is 55.0 Å². The first-order valence-electron chi connectivity index (χ1n) is 6.20. The fourth-order valence-electron chi connectivity index (χ4n) is 1.86. The van der Waals surface area contributed by atoms with Crippen molar-refractivity contribution in [2.24, 2.45) is 5.73 Å². The maximum atomic E-state index is 13.0. The zero-order chi connectivity index (χ0) is 15.4. The van der Waals surface area contributed by atoms with Crippen molar-refractivity contribution in [3.05, 3.63) is 59.4 Å². The second kappa shape index (κ2) is 6.04. The third-order valence-corrected chi connectivity index (χ3v) is 2.84. The third-order valence-electron chi connectivity index (χ3n) is 2.84. The fraction of sp³-hybridized carbons (Fsp3) is 0.0667. The Hall–Kier alpha value is -2.89. The molecule has 0 saturated heterocycles. The Morgan fingerprint density at radius 1 is 1.00 bits per heavy atom. The molecule has 2 aromatic carbocycles. The van der Waals surface area contributed by atoms with Gasteiger partial charge in [0, 0.05) is 16.9 Å². The zero-order valence-corrected chi connectivity index (χ0v) is 11.3. The molecule has 0 aliphatic rings. The van der Waals surface area contributed by atoms with Gasteiger partial charge in [0.2, 0.25) is 0 Å². The number of hydrogen-bond donors (Lipinski definition) is 3. The van der Waals surface area contributed by atoms with E-state index < -0.39 is 6.03 Å². The van der Waals surface area contributed by atoms with Crippen molar-refractivity contribution in [2.45, 2.75) is 6.92 Å². The number of benzene rings is 2. The monoisotopic (exact) mass is 287 g/mol. The van der Waals surface area contributed by atoms with Crippen LogP contribution in [0.2, 0.25) is 0 Å². The summed E-state index contributed by atoms with van der Waals surface area (Å²) in [7, 11) is 0. The fourth-order valence-corrected chi connectivity index (χ4v) is 1.86. The quantitative estimate of drug-likeness (QED) is 0.811. The van der Waals surface area contributed by atoms with Gasteiger partial charge in [0.15, 0.2) is 0 Å². The number of amides is 3. The molecule has 0 bridgehead atoms. The first-order chi connectivity index (χ1) is 9.95. The maximum absolute atomic E-state index is 13.0. The summed E-state index contributed by atoms with van der Waals surface area (Å²) in [6.07, 6.45) is 0. The molecule has 0 fully saturated rings. The normalized spacial score (nSPS) is 10.0. The second-order valence-corrected chi connectivity index (χ2v) is 4.48. The predicted octanol–water partition coefficient (Wildman–Crippen LogP) is 2.88. The minimum Gasteiger partial charge on any atom is -0.351 e. The van der Waals surface area contributed by atoms with Gasteiger partial charge < -0.3 is 16.4 Å². The van der Waals surface area contributed by atoms with E-state index in [-0.39, 0.29) is 11.7 Å². The van der Waals surface area contributed by atoms with Crippen LogP contribution < -0.4 is 16.4 Å². The van der Waals surface area contributed by atoms with E-state index in [1.54, 1.807) is 31.2 Å². The van der Waals surface area contributed by atoms with E-state index in [4.69, 9.17) is 5.73 Å². The molecule has 21 heavy (non-hydrogen) atoms. The van der Waals surface area contributed by atoms with E-state index in [1.807, 2.05) is 0 Å². The lowest BCUT2D eigenvalue weighted by Gasteiger charge is -2.08. The average Bonchev–Trinajstić information content (AvgIpc) is 2.40. The number of carbonyl (C=O) groups is 2. The molecule has 0 radical (unpaired) electrons. The van der Waals surface area contributed by atoms with Crippen molar-refractivity contribution in [2.75, 3.05) is 10.6 Å². The number of halogens is 1. The molecule has 5 nitrogen and oxygen atoms in total. The summed E-state index contributed by atoms with van der Waals surface area (Å²) >= 11 is 0. The summed E-state index contributed by atoms with van der Waals surface area (Å²) in [5, 5.41) is 5.11. The standard InChI is InChI=1S/C15H14FN3O2/c1-9-8-10(16)2-7-13(9)14(20)18-11-3-5-12(6-4-11)19-15(17)21/h2-8H,1H3,(H,18,20)(H3,17,19,21). The Balaban J connectivity index is 2.10. The minimum absolute atomic E-state index is 0.330. The Morgan fingerprint density at radius 2 is 1.57 bits per heavy atom. The number of urea groups is 1. The van der Waals surface area contributed by atoms with Gasteiger partial charge in [-0.15, -0.1) is 0 Å². The highest BCUT2D eigenvalue weighted by Crippen LogP contribution is 2.16. The number of primary amides is 1. The topological polar surface area (TPSA) is 84.2 Å². The lowest BCUT2D eigenvalue weighted by Crippen LogP contribution is -2.19. The summed E-state index contributed by atoms with van der Waals surface area (Å²) < 4.78 is 13.0. The lowest BCUT2D eigenvalue weighted by molar-refractivity contribution is 0.102. The molecule has 0 atom stereocenters. The van der Waals surface area contributed by atoms with Gasteiger partial charge in [0.25, 0.3) is 5.91 Å². The maximum Gasteiger partial charge on any atom is 0.316 e. The molecule has 3 amide bonds. The van der Waals surface area contributed by atoms with E-state index in [2.05, 4.69) is 10.6 Å². The van der Waals surface area contributed by atoms with Gasteiger partial charge in [0.05, 0.1) is 0 Å². The molecule has 0 unspecified atom stereocenters. The Bertz CT molecular complexity index is 684. The van der Waals surface area contributed by atoms with Crippen LogP contribution in [0.5, 0.6) is 0 Å². The Morgan fingerprint density at radius 3 is 2.10 bits per heavy atom. The van der Waals surface area contributed by atoms with Crippen LogP contribution in [0.15, 0.2) is 42.5 Å². The lowest BCUT2D eigenvalue weighted by atomic mass is 10.1. The smallest absolute Gasteiger partial charge is 0.316 e. The van der Waals surface area contributed by atoms with Gasteiger partial charge in [-0.2, -0.15) is 0 Å². The number of rotatable bonds is 3. The SMILES string of the molecule is Cc1cc(F)ccc1C(=O)Nc1ccc(NC(N)=O)cc1. The average molecular weight is 287 g/mol. The van der Waals surface area contributed by atoms with Crippen molar-refractivity contribution in [3.63, 3.8) is 0 Å². The molecule has 0 heterocycles. The molecule has 0 aliphatic carbocycles. The van der Waals surface area contributed by atoms with Crippen LogP contribution in [0.3, 0.4) is 0 Å². The molecule has 6 heteroatoms. The summed E-state index contributed by atoms with van der Waals surface area (Å²) in [5.41, 5.74) is 7.03. The van der Waals surface area contributed by atoms with E-state index in [9.17, 15) is 14.0 Å². The van der Waals surface area contributed by atoms with Crippen LogP contribution in [0.4, 0.5) is 20.6 Å². The highest BCUT2D eigenvalue weighted by atomic mass is 19.1. The molecule has 0 spiro atoms. The molecular weight excluding hydrogens is 273 g/mol. The van der Waals surface area contributed by atoms with Gasteiger partial charge in [-0.25, -0.2) is 9.18 Å². The molecule has 0 saturated carbocycles. The predicted molar refractivity (Wildman–Crippen MR) is 78.7 cm³/mol. The van der Waals surface area contributed by atoms with Gasteiger partial charge in [-0.3, -0.25) is 4.79 Å². The van der Waals surface area contributed by atoms with Crippen LogP contribution >= 0.6 is 0 Å².